The number of nitrogens with zero attached hydrogens (tertiary/aromatic N) is 8. The fourth-order valence-electron chi connectivity index (χ4n) is 9.99. The Labute approximate surface area is 376 Å². The van der Waals surface area contributed by atoms with E-state index in [-0.39, 0.29) is 0 Å². The zero-order valence-corrected chi connectivity index (χ0v) is 37.2. The van der Waals surface area contributed by atoms with Crippen molar-refractivity contribution in [1.82, 2.24) is 4.57 Å². The fraction of sp³-hybridized carbons (Fsp3) is 0.158. The summed E-state index contributed by atoms with van der Waals surface area (Å²) in [4.78, 5) is 33.8. The first-order chi connectivity index (χ1) is 31.4. The van der Waals surface area contributed by atoms with Crippen molar-refractivity contribution in [2.24, 2.45) is 30.0 Å². The first-order valence-electron chi connectivity index (χ1n) is 22.3. The van der Waals surface area contributed by atoms with E-state index in [1.54, 1.807) is 0 Å². The van der Waals surface area contributed by atoms with Crippen molar-refractivity contribution in [2.45, 2.75) is 58.5 Å². The van der Waals surface area contributed by atoms with Crippen molar-refractivity contribution in [2.75, 3.05) is 4.90 Å². The number of hydrogen-bond acceptors (Lipinski definition) is 7. The molecule has 0 unspecified atom stereocenters. The van der Waals surface area contributed by atoms with Gasteiger partial charge in [-0.15, -0.1) is 0 Å². The Morgan fingerprint density at radius 2 is 0.831 bits per heavy atom. The van der Waals surface area contributed by atoms with Crippen LogP contribution in [0.5, 0.6) is 0 Å². The second-order valence-electron chi connectivity index (χ2n) is 18.6. The van der Waals surface area contributed by atoms with Crippen LogP contribution in [-0.2, 0) is 0 Å². The molecule has 3 aliphatic heterocycles. The smallest absolute Gasteiger partial charge is 0.146 e. The fourth-order valence-corrected chi connectivity index (χ4v) is 9.99. The lowest BCUT2D eigenvalue weighted by Gasteiger charge is -2.26. The predicted octanol–water partition coefficient (Wildman–Crippen LogP) is 10.2. The van der Waals surface area contributed by atoms with Crippen molar-refractivity contribution in [3.8, 4) is 39.1 Å². The monoisotopic (exact) mass is 842 g/mol. The van der Waals surface area contributed by atoms with E-state index in [0.29, 0.717) is 0 Å². The van der Waals surface area contributed by atoms with Crippen LogP contribution in [0.25, 0.3) is 60.9 Å². The zero-order valence-electron chi connectivity index (χ0n) is 37.2. The summed E-state index contributed by atoms with van der Waals surface area (Å²) in [6.07, 6.45) is 0. The molecule has 9 aromatic rings. The van der Waals surface area contributed by atoms with Gasteiger partial charge in [-0.1, -0.05) is 115 Å². The van der Waals surface area contributed by atoms with Crippen LogP contribution in [0.1, 0.15) is 41.5 Å². The summed E-state index contributed by atoms with van der Waals surface area (Å²) in [5, 5.41) is 7.51. The molecule has 8 heteroatoms. The Morgan fingerprint density at radius 1 is 0.354 bits per heavy atom. The second kappa shape index (κ2) is 14.1. The van der Waals surface area contributed by atoms with Crippen LogP contribution in [0.4, 0.5) is 17.1 Å². The molecule has 0 fully saturated rings. The Morgan fingerprint density at radius 3 is 1.48 bits per heavy atom. The van der Waals surface area contributed by atoms with Gasteiger partial charge in [0.25, 0.3) is 0 Å². The summed E-state index contributed by atoms with van der Waals surface area (Å²) >= 11 is 0. The lowest BCUT2D eigenvalue weighted by Crippen LogP contribution is -2.38. The van der Waals surface area contributed by atoms with Gasteiger partial charge in [-0.25, -0.2) is 0 Å². The van der Waals surface area contributed by atoms with E-state index >= 15 is 0 Å². The minimum Gasteiger partial charge on any atom is -0.309 e. The third-order valence-corrected chi connectivity index (χ3v) is 12.6. The highest BCUT2D eigenvalue weighted by Gasteiger charge is 2.31. The molecule has 8 nitrogen and oxygen atoms in total. The molecule has 65 heavy (non-hydrogen) atoms. The van der Waals surface area contributed by atoms with E-state index in [2.05, 4.69) is 195 Å². The number of anilines is 3. The van der Waals surface area contributed by atoms with Gasteiger partial charge in [0.05, 0.1) is 44.2 Å². The third kappa shape index (κ3) is 6.34. The first kappa shape index (κ1) is 38.8. The standard InChI is InChI=1S/C57H46N8/c1-55(2)58-44-24-16-26-46(51(44)61-55)65(47-33-31-39(35-17-9-7-10-18-35)49-52(47)62-56(3,4)59-49)48-34-32-40(50-53(48)63-57(5,6)60-50)36-27-29-37(30-28-36)41-22-15-23-43-42-21-13-14-25-45(42)64(54(41)43)38-19-11-8-12-20-38/h7-34H,1-6H3. The van der Waals surface area contributed by atoms with E-state index in [1.807, 2.05) is 26.0 Å². The van der Waals surface area contributed by atoms with Crippen LogP contribution < -0.4 is 37.0 Å². The number of para-hydroxylation sites is 4. The van der Waals surface area contributed by atoms with Crippen LogP contribution in [0.3, 0.4) is 0 Å². The predicted molar refractivity (Wildman–Crippen MR) is 261 cm³/mol. The van der Waals surface area contributed by atoms with Gasteiger partial charge in [-0.05, 0) is 113 Å². The van der Waals surface area contributed by atoms with Crippen LogP contribution in [-0.4, -0.2) is 21.6 Å². The van der Waals surface area contributed by atoms with Gasteiger partial charge in [-0.2, -0.15) is 0 Å². The minimum absolute atomic E-state index is 0.603. The highest BCUT2D eigenvalue weighted by atomic mass is 15.2. The maximum absolute atomic E-state index is 5.39. The lowest BCUT2D eigenvalue weighted by atomic mass is 9.97. The summed E-state index contributed by atoms with van der Waals surface area (Å²) < 4.78 is 2.39. The molecule has 8 aromatic carbocycles. The molecule has 314 valence electrons. The van der Waals surface area contributed by atoms with Crippen molar-refractivity contribution in [3.63, 3.8) is 0 Å². The molecule has 0 saturated heterocycles. The maximum Gasteiger partial charge on any atom is 0.146 e. The summed E-state index contributed by atoms with van der Waals surface area (Å²) in [5.41, 5.74) is 10.8. The largest absolute Gasteiger partial charge is 0.309 e. The SMILES string of the molecule is CC1(C)N=c2cccc(N(c3ccc(-c4ccccc4)c4c3=NC(C)(C)N=4)c3ccc(-c4ccc(-c5cccc6c7ccccc7n(-c7ccccc7)c56)cc4)c4c3=NC(C)(C)N=4)c2=N1. The Bertz CT molecular complexity index is 3850. The maximum atomic E-state index is 5.39. The Hall–Kier alpha value is -7.84. The molecular formula is C57H46N8. The van der Waals surface area contributed by atoms with E-state index in [9.17, 15) is 0 Å². The summed E-state index contributed by atoms with van der Waals surface area (Å²) in [6, 6.07) is 60.3. The second-order valence-corrected chi connectivity index (χ2v) is 18.6. The van der Waals surface area contributed by atoms with Crippen LogP contribution in [0.15, 0.2) is 200 Å². The molecule has 0 saturated carbocycles. The van der Waals surface area contributed by atoms with Crippen molar-refractivity contribution in [3.05, 3.63) is 202 Å². The van der Waals surface area contributed by atoms with Gasteiger partial charge < -0.3 is 9.47 Å². The minimum atomic E-state index is -0.694. The van der Waals surface area contributed by atoms with Gasteiger partial charge in [0.15, 0.2) is 0 Å². The summed E-state index contributed by atoms with van der Waals surface area (Å²) in [5.74, 6) is 0. The molecule has 4 heterocycles. The summed E-state index contributed by atoms with van der Waals surface area (Å²) in [7, 11) is 0. The number of aromatic nitrogens is 1. The quantitative estimate of drug-likeness (QED) is 0.157. The highest BCUT2D eigenvalue weighted by Crippen LogP contribution is 2.39. The molecule has 0 bridgehead atoms. The van der Waals surface area contributed by atoms with E-state index in [1.165, 1.54) is 27.4 Å². The van der Waals surface area contributed by atoms with Gasteiger partial charge >= 0.3 is 0 Å². The molecule has 0 radical (unpaired) electrons. The van der Waals surface area contributed by atoms with Gasteiger partial charge in [0.2, 0.25) is 0 Å². The van der Waals surface area contributed by atoms with Crippen LogP contribution in [0.2, 0.25) is 0 Å². The third-order valence-electron chi connectivity index (χ3n) is 12.6. The van der Waals surface area contributed by atoms with Crippen molar-refractivity contribution in [1.29, 1.82) is 0 Å². The average molecular weight is 843 g/mol. The van der Waals surface area contributed by atoms with Crippen LogP contribution >= 0.6 is 0 Å². The number of hydrogen-bond donors (Lipinski definition) is 0. The molecule has 0 aliphatic carbocycles. The Balaban J connectivity index is 1.05. The number of fused-ring (bicyclic) bond motifs is 6. The molecule has 0 spiro atoms. The number of benzene rings is 8. The van der Waals surface area contributed by atoms with Crippen LogP contribution in [0, 0.1) is 0 Å². The Kier molecular flexibility index (Phi) is 8.41. The first-order valence-corrected chi connectivity index (χ1v) is 22.3. The van der Waals surface area contributed by atoms with E-state index in [0.717, 1.165) is 82.7 Å². The number of rotatable bonds is 7. The zero-order chi connectivity index (χ0) is 44.2. The molecular weight excluding hydrogens is 797 g/mol. The molecule has 0 atom stereocenters. The molecule has 0 amide bonds. The van der Waals surface area contributed by atoms with Crippen molar-refractivity contribution < 1.29 is 0 Å². The highest BCUT2D eigenvalue weighted by molar-refractivity contribution is 6.13. The molecule has 0 N–H and O–H groups in total. The van der Waals surface area contributed by atoms with Gasteiger partial charge in [0, 0.05) is 33.2 Å². The van der Waals surface area contributed by atoms with E-state index < -0.39 is 17.0 Å². The van der Waals surface area contributed by atoms with E-state index in [4.69, 9.17) is 30.0 Å². The normalized spacial score (nSPS) is 15.7. The van der Waals surface area contributed by atoms with Gasteiger partial charge in [-0.3, -0.25) is 30.0 Å². The van der Waals surface area contributed by atoms with Gasteiger partial charge in [0.1, 0.15) is 33.1 Å². The van der Waals surface area contributed by atoms with Crippen molar-refractivity contribution >= 4 is 38.9 Å². The molecule has 1 aromatic heterocycles. The average Bonchev–Trinajstić information content (AvgIpc) is 4.03. The molecule has 3 aliphatic rings. The topological polar surface area (TPSA) is 82.3 Å². The molecule has 12 rings (SSSR count). The lowest BCUT2D eigenvalue weighted by molar-refractivity contribution is 0.549. The summed E-state index contributed by atoms with van der Waals surface area (Å²) in [6.45, 7) is 12.3.